The van der Waals surface area contributed by atoms with Crippen LogP contribution in [0.5, 0.6) is 11.5 Å². The Morgan fingerprint density at radius 2 is 2.20 bits per heavy atom. The largest absolute Gasteiger partial charge is 0.486 e. The van der Waals surface area contributed by atoms with Crippen molar-refractivity contribution in [1.82, 2.24) is 5.32 Å². The summed E-state index contributed by atoms with van der Waals surface area (Å²) in [4.78, 5) is 11.5. The van der Waals surface area contributed by atoms with E-state index in [1.54, 1.807) is 11.8 Å². The number of nitrogens with one attached hydrogen (secondary N) is 1. The molecular weight excluding hydrogens is 298 g/mol. The van der Waals surface area contributed by atoms with Crippen LogP contribution in [-0.4, -0.2) is 37.7 Å². The summed E-state index contributed by atoms with van der Waals surface area (Å²) in [7, 11) is 0. The van der Waals surface area contributed by atoms with Gasteiger partial charge in [0.05, 0.1) is 5.02 Å². The van der Waals surface area contributed by atoms with Crippen LogP contribution in [0.3, 0.4) is 0 Å². The molecule has 2 rings (SSSR count). The first-order chi connectivity index (χ1) is 9.70. The van der Waals surface area contributed by atoms with Crippen molar-refractivity contribution in [3.63, 3.8) is 0 Å². The number of ether oxygens (including phenoxy) is 2. The summed E-state index contributed by atoms with van der Waals surface area (Å²) in [6, 6.07) is 3.79. The molecule has 1 aromatic rings. The fraction of sp³-hybridized carbons (Fsp3) is 0.500. The maximum absolute atomic E-state index is 11.5. The predicted octanol–water partition coefficient (Wildman–Crippen LogP) is 2.52. The van der Waals surface area contributed by atoms with Crippen LogP contribution in [0, 0.1) is 0 Å². The molecular formula is C14H18ClNO3S. The molecule has 0 saturated carbocycles. The standard InChI is InChI=1S/C14H18ClNO3S/c1-20-7-3-13(17)16-4-2-10-8-11(15)14-12(9-10)18-5-6-19-14/h8-9H,2-7H2,1H3,(H,16,17). The zero-order valence-corrected chi connectivity index (χ0v) is 13.0. The van der Waals surface area contributed by atoms with E-state index in [2.05, 4.69) is 5.32 Å². The van der Waals surface area contributed by atoms with E-state index in [4.69, 9.17) is 21.1 Å². The lowest BCUT2D eigenvalue weighted by atomic mass is 10.1. The minimum atomic E-state index is 0.0861. The number of rotatable bonds is 6. The second-order valence-corrected chi connectivity index (χ2v) is 5.84. The molecule has 4 nitrogen and oxygen atoms in total. The van der Waals surface area contributed by atoms with E-state index in [1.807, 2.05) is 18.4 Å². The van der Waals surface area contributed by atoms with Crippen molar-refractivity contribution >= 4 is 29.3 Å². The van der Waals surface area contributed by atoms with Gasteiger partial charge >= 0.3 is 0 Å². The van der Waals surface area contributed by atoms with E-state index < -0.39 is 0 Å². The number of hydrogen-bond donors (Lipinski definition) is 1. The number of thioether (sulfide) groups is 1. The summed E-state index contributed by atoms with van der Waals surface area (Å²) in [6.45, 7) is 1.67. The van der Waals surface area contributed by atoms with Crippen LogP contribution in [0.1, 0.15) is 12.0 Å². The summed E-state index contributed by atoms with van der Waals surface area (Å²) in [6.07, 6.45) is 3.27. The van der Waals surface area contributed by atoms with Crippen LogP contribution in [0.25, 0.3) is 0 Å². The Hall–Kier alpha value is -1.07. The van der Waals surface area contributed by atoms with E-state index in [0.29, 0.717) is 42.7 Å². The molecule has 0 fully saturated rings. The van der Waals surface area contributed by atoms with Crippen LogP contribution >= 0.6 is 23.4 Å². The number of carbonyl (C=O) groups excluding carboxylic acids is 1. The highest BCUT2D eigenvalue weighted by molar-refractivity contribution is 7.98. The maximum Gasteiger partial charge on any atom is 0.220 e. The molecule has 1 aliphatic rings. The molecule has 6 heteroatoms. The molecule has 0 unspecified atom stereocenters. The fourth-order valence-corrected chi connectivity index (χ4v) is 2.62. The molecule has 0 aliphatic carbocycles. The molecule has 0 spiro atoms. The first kappa shape index (κ1) is 15.3. The van der Waals surface area contributed by atoms with Crippen LogP contribution in [0.4, 0.5) is 0 Å². The number of hydrogen-bond acceptors (Lipinski definition) is 4. The monoisotopic (exact) mass is 315 g/mol. The molecule has 1 aromatic carbocycles. The van der Waals surface area contributed by atoms with E-state index in [-0.39, 0.29) is 5.91 Å². The summed E-state index contributed by atoms with van der Waals surface area (Å²) in [5.41, 5.74) is 1.03. The number of benzene rings is 1. The third-order valence-electron chi connectivity index (χ3n) is 2.93. The van der Waals surface area contributed by atoms with E-state index >= 15 is 0 Å². The number of halogens is 1. The highest BCUT2D eigenvalue weighted by Crippen LogP contribution is 2.38. The Bertz CT molecular complexity index is 482. The summed E-state index contributed by atoms with van der Waals surface area (Å²) in [5.74, 6) is 2.24. The van der Waals surface area contributed by atoms with E-state index in [1.165, 1.54) is 0 Å². The fourth-order valence-electron chi connectivity index (χ4n) is 1.94. The van der Waals surface area contributed by atoms with Gasteiger partial charge in [0.25, 0.3) is 0 Å². The third-order valence-corrected chi connectivity index (χ3v) is 3.82. The van der Waals surface area contributed by atoms with Crippen molar-refractivity contribution in [2.24, 2.45) is 0 Å². The minimum absolute atomic E-state index is 0.0861. The summed E-state index contributed by atoms with van der Waals surface area (Å²) < 4.78 is 11.0. The second-order valence-electron chi connectivity index (χ2n) is 4.44. The highest BCUT2D eigenvalue weighted by Gasteiger charge is 2.16. The maximum atomic E-state index is 11.5. The zero-order chi connectivity index (χ0) is 14.4. The van der Waals surface area contributed by atoms with Gasteiger partial charge in [0, 0.05) is 18.7 Å². The molecule has 1 amide bonds. The first-order valence-corrected chi connectivity index (χ1v) is 8.31. The van der Waals surface area contributed by atoms with Gasteiger partial charge in [-0.05, 0) is 30.4 Å². The highest BCUT2D eigenvalue weighted by atomic mass is 35.5. The molecule has 1 aliphatic heterocycles. The van der Waals surface area contributed by atoms with Crippen LogP contribution < -0.4 is 14.8 Å². The Kier molecular flexibility index (Phi) is 5.86. The molecule has 1 N–H and O–H groups in total. The normalized spacial score (nSPS) is 13.1. The first-order valence-electron chi connectivity index (χ1n) is 6.54. The SMILES string of the molecule is CSCCC(=O)NCCc1cc(Cl)c2c(c1)OCCO2. The van der Waals surface area contributed by atoms with Crippen molar-refractivity contribution in [3.05, 3.63) is 22.7 Å². The smallest absolute Gasteiger partial charge is 0.220 e. The van der Waals surface area contributed by atoms with Gasteiger partial charge in [0.2, 0.25) is 5.91 Å². The average Bonchev–Trinajstić information content (AvgIpc) is 2.45. The van der Waals surface area contributed by atoms with Gasteiger partial charge in [-0.1, -0.05) is 11.6 Å². The Balaban J connectivity index is 1.87. The average molecular weight is 316 g/mol. The molecule has 0 saturated heterocycles. The van der Waals surface area contributed by atoms with Crippen LogP contribution in [0.15, 0.2) is 12.1 Å². The van der Waals surface area contributed by atoms with E-state index in [9.17, 15) is 4.79 Å². The topological polar surface area (TPSA) is 47.6 Å². The van der Waals surface area contributed by atoms with Gasteiger partial charge in [-0.3, -0.25) is 4.79 Å². The lowest BCUT2D eigenvalue weighted by Gasteiger charge is -2.20. The van der Waals surface area contributed by atoms with Gasteiger partial charge in [0.15, 0.2) is 11.5 Å². The Labute approximate surface area is 128 Å². The van der Waals surface area contributed by atoms with Crippen molar-refractivity contribution in [2.45, 2.75) is 12.8 Å². The lowest BCUT2D eigenvalue weighted by molar-refractivity contribution is -0.120. The molecule has 110 valence electrons. The van der Waals surface area contributed by atoms with E-state index in [0.717, 1.165) is 17.7 Å². The van der Waals surface area contributed by atoms with Crippen molar-refractivity contribution in [2.75, 3.05) is 31.8 Å². The van der Waals surface area contributed by atoms with Gasteiger partial charge < -0.3 is 14.8 Å². The molecule has 0 radical (unpaired) electrons. The molecule has 0 atom stereocenters. The second kappa shape index (κ2) is 7.64. The summed E-state index contributed by atoms with van der Waals surface area (Å²) in [5, 5.41) is 3.46. The molecule has 0 bridgehead atoms. The molecule has 20 heavy (non-hydrogen) atoms. The van der Waals surface area contributed by atoms with Gasteiger partial charge in [-0.2, -0.15) is 11.8 Å². The van der Waals surface area contributed by atoms with Gasteiger partial charge in [-0.25, -0.2) is 0 Å². The molecule has 1 heterocycles. The third kappa shape index (κ3) is 4.21. The van der Waals surface area contributed by atoms with Crippen molar-refractivity contribution in [3.8, 4) is 11.5 Å². The van der Waals surface area contributed by atoms with Crippen molar-refractivity contribution in [1.29, 1.82) is 0 Å². The van der Waals surface area contributed by atoms with Crippen molar-refractivity contribution < 1.29 is 14.3 Å². The summed E-state index contributed by atoms with van der Waals surface area (Å²) >= 11 is 7.83. The van der Waals surface area contributed by atoms with Crippen LogP contribution in [0.2, 0.25) is 5.02 Å². The van der Waals surface area contributed by atoms with Gasteiger partial charge in [0.1, 0.15) is 13.2 Å². The zero-order valence-electron chi connectivity index (χ0n) is 11.4. The predicted molar refractivity (Wildman–Crippen MR) is 82.2 cm³/mol. The minimum Gasteiger partial charge on any atom is -0.486 e. The Morgan fingerprint density at radius 3 is 3.00 bits per heavy atom. The number of amides is 1. The quantitative estimate of drug-likeness (QED) is 0.876. The Morgan fingerprint density at radius 1 is 1.40 bits per heavy atom. The lowest BCUT2D eigenvalue weighted by Crippen LogP contribution is -2.26. The number of fused-ring (bicyclic) bond motifs is 1. The molecule has 0 aromatic heterocycles. The number of carbonyl (C=O) groups is 1. The van der Waals surface area contributed by atoms with Crippen LogP contribution in [-0.2, 0) is 11.2 Å². The van der Waals surface area contributed by atoms with Gasteiger partial charge in [-0.15, -0.1) is 0 Å².